The zero-order valence-electron chi connectivity index (χ0n) is 15.0. The molecule has 0 saturated carbocycles. The lowest BCUT2D eigenvalue weighted by Crippen LogP contribution is -2.13. The molecule has 5 heteroatoms. The second kappa shape index (κ2) is 6.84. The summed E-state index contributed by atoms with van der Waals surface area (Å²) in [6.07, 6.45) is 0.914. The standard InChI is InChI=1S/C20H23N3OS/c1-11(2)10-14-8-9-15-17(21)18(25-20(15)22-14)19(24)23-16-7-5-6-12(3)13(16)4/h5-9,11H,10,21H2,1-4H3,(H,23,24). The maximum Gasteiger partial charge on any atom is 0.267 e. The van der Waals surface area contributed by atoms with Crippen LogP contribution in [0, 0.1) is 19.8 Å². The van der Waals surface area contributed by atoms with Crippen molar-refractivity contribution in [3.05, 3.63) is 52.0 Å². The van der Waals surface area contributed by atoms with Crippen LogP contribution in [0.3, 0.4) is 0 Å². The maximum atomic E-state index is 12.7. The van der Waals surface area contributed by atoms with Gasteiger partial charge in [-0.3, -0.25) is 4.79 Å². The van der Waals surface area contributed by atoms with Crippen molar-refractivity contribution in [2.45, 2.75) is 34.1 Å². The molecule has 3 rings (SSSR count). The molecular weight excluding hydrogens is 330 g/mol. The van der Waals surface area contributed by atoms with Crippen LogP contribution in [-0.4, -0.2) is 10.9 Å². The first-order valence-corrected chi connectivity index (χ1v) is 9.24. The number of nitrogens with two attached hydrogens (primary N) is 1. The number of rotatable bonds is 4. The number of carbonyl (C=O) groups is 1. The zero-order valence-corrected chi connectivity index (χ0v) is 15.8. The van der Waals surface area contributed by atoms with Gasteiger partial charge < -0.3 is 11.1 Å². The van der Waals surface area contributed by atoms with Gasteiger partial charge in [0.1, 0.15) is 9.71 Å². The Labute approximate surface area is 152 Å². The lowest BCUT2D eigenvalue weighted by atomic mass is 10.1. The number of thiophene rings is 1. The van der Waals surface area contributed by atoms with Crippen molar-refractivity contribution < 1.29 is 4.79 Å². The number of hydrogen-bond acceptors (Lipinski definition) is 4. The molecule has 25 heavy (non-hydrogen) atoms. The molecule has 0 spiro atoms. The third kappa shape index (κ3) is 3.51. The first-order chi connectivity index (χ1) is 11.9. The van der Waals surface area contributed by atoms with Crippen molar-refractivity contribution in [3.8, 4) is 0 Å². The molecular formula is C20H23N3OS. The second-order valence-electron chi connectivity index (χ2n) is 6.80. The fourth-order valence-corrected chi connectivity index (χ4v) is 3.81. The number of fused-ring (bicyclic) bond motifs is 1. The third-order valence-corrected chi connectivity index (χ3v) is 5.44. The highest BCUT2D eigenvalue weighted by Crippen LogP contribution is 2.33. The van der Waals surface area contributed by atoms with E-state index in [0.717, 1.165) is 39.1 Å². The number of anilines is 2. The number of benzene rings is 1. The normalized spacial score (nSPS) is 11.2. The van der Waals surface area contributed by atoms with Crippen molar-refractivity contribution >= 4 is 38.8 Å². The van der Waals surface area contributed by atoms with Gasteiger partial charge in [0, 0.05) is 16.8 Å². The first kappa shape index (κ1) is 17.4. The first-order valence-electron chi connectivity index (χ1n) is 8.42. The van der Waals surface area contributed by atoms with Crippen molar-refractivity contribution in [2.75, 3.05) is 11.1 Å². The molecule has 0 fully saturated rings. The van der Waals surface area contributed by atoms with Gasteiger partial charge in [0.2, 0.25) is 0 Å². The SMILES string of the molecule is Cc1cccc(NC(=O)c2sc3nc(CC(C)C)ccc3c2N)c1C. The van der Waals surface area contributed by atoms with E-state index in [4.69, 9.17) is 5.73 Å². The number of aryl methyl sites for hydroxylation is 1. The molecule has 3 N–H and O–H groups in total. The molecule has 0 atom stereocenters. The molecule has 0 saturated heterocycles. The molecule has 0 aliphatic carbocycles. The molecule has 2 heterocycles. The highest BCUT2D eigenvalue weighted by molar-refractivity contribution is 7.21. The number of carbonyl (C=O) groups excluding carboxylic acids is 1. The minimum Gasteiger partial charge on any atom is -0.397 e. The van der Waals surface area contributed by atoms with Crippen LogP contribution in [0.5, 0.6) is 0 Å². The van der Waals surface area contributed by atoms with E-state index in [1.807, 2.05) is 44.2 Å². The number of aromatic nitrogens is 1. The average molecular weight is 353 g/mol. The summed E-state index contributed by atoms with van der Waals surface area (Å²) in [6.45, 7) is 8.35. The third-order valence-electron chi connectivity index (χ3n) is 4.33. The van der Waals surface area contributed by atoms with Gasteiger partial charge in [0.05, 0.1) is 5.69 Å². The van der Waals surface area contributed by atoms with Crippen molar-refractivity contribution in [1.82, 2.24) is 4.98 Å². The van der Waals surface area contributed by atoms with Crippen molar-refractivity contribution in [2.24, 2.45) is 5.92 Å². The summed E-state index contributed by atoms with van der Waals surface area (Å²) < 4.78 is 0. The average Bonchev–Trinajstić information content (AvgIpc) is 2.88. The van der Waals surface area contributed by atoms with E-state index in [-0.39, 0.29) is 5.91 Å². The largest absolute Gasteiger partial charge is 0.397 e. The number of nitrogens with one attached hydrogen (secondary N) is 1. The summed E-state index contributed by atoms with van der Waals surface area (Å²) >= 11 is 1.35. The van der Waals surface area contributed by atoms with E-state index < -0.39 is 0 Å². The van der Waals surface area contributed by atoms with E-state index in [1.54, 1.807) is 0 Å². The predicted octanol–water partition coefficient (Wildman–Crippen LogP) is 4.95. The number of nitrogen functional groups attached to an aromatic ring is 1. The molecule has 0 unspecified atom stereocenters. The van der Waals surface area contributed by atoms with Crippen LogP contribution >= 0.6 is 11.3 Å². The Balaban J connectivity index is 1.93. The van der Waals surface area contributed by atoms with E-state index in [1.165, 1.54) is 11.3 Å². The fraction of sp³-hybridized carbons (Fsp3) is 0.300. The van der Waals surface area contributed by atoms with Crippen LogP contribution in [0.2, 0.25) is 0 Å². The molecule has 3 aromatic rings. The number of amides is 1. The molecule has 4 nitrogen and oxygen atoms in total. The van der Waals surface area contributed by atoms with E-state index in [9.17, 15) is 4.79 Å². The molecule has 2 aromatic heterocycles. The van der Waals surface area contributed by atoms with Crippen LogP contribution in [0.4, 0.5) is 11.4 Å². The Morgan fingerprint density at radius 3 is 2.72 bits per heavy atom. The van der Waals surface area contributed by atoms with Gasteiger partial charge in [-0.15, -0.1) is 11.3 Å². The molecule has 0 aliphatic heterocycles. The Bertz CT molecular complexity index is 944. The highest BCUT2D eigenvalue weighted by Gasteiger charge is 2.18. The van der Waals surface area contributed by atoms with Crippen LogP contribution in [0.15, 0.2) is 30.3 Å². The number of hydrogen-bond donors (Lipinski definition) is 2. The van der Waals surface area contributed by atoms with E-state index >= 15 is 0 Å². The van der Waals surface area contributed by atoms with Gasteiger partial charge in [-0.1, -0.05) is 26.0 Å². The lowest BCUT2D eigenvalue weighted by Gasteiger charge is -2.09. The quantitative estimate of drug-likeness (QED) is 0.697. The Kier molecular flexibility index (Phi) is 4.77. The van der Waals surface area contributed by atoms with Gasteiger partial charge in [-0.25, -0.2) is 4.98 Å². The second-order valence-corrected chi connectivity index (χ2v) is 7.80. The summed E-state index contributed by atoms with van der Waals surface area (Å²) in [4.78, 5) is 18.7. The van der Waals surface area contributed by atoms with Gasteiger partial charge >= 0.3 is 0 Å². The maximum absolute atomic E-state index is 12.7. The van der Waals surface area contributed by atoms with Crippen molar-refractivity contribution in [1.29, 1.82) is 0 Å². The topological polar surface area (TPSA) is 68.0 Å². The van der Waals surface area contributed by atoms with Crippen LogP contribution in [-0.2, 0) is 6.42 Å². The molecule has 130 valence electrons. The smallest absolute Gasteiger partial charge is 0.267 e. The van der Waals surface area contributed by atoms with Crippen LogP contribution < -0.4 is 11.1 Å². The Morgan fingerprint density at radius 2 is 2.00 bits per heavy atom. The minimum absolute atomic E-state index is 0.181. The molecule has 1 amide bonds. The van der Waals surface area contributed by atoms with Crippen molar-refractivity contribution in [3.63, 3.8) is 0 Å². The monoisotopic (exact) mass is 353 g/mol. The lowest BCUT2D eigenvalue weighted by molar-refractivity contribution is 0.103. The summed E-state index contributed by atoms with van der Waals surface area (Å²) in [6, 6.07) is 9.84. The summed E-state index contributed by atoms with van der Waals surface area (Å²) in [5.74, 6) is 0.355. The van der Waals surface area contributed by atoms with Gasteiger partial charge in [0.25, 0.3) is 5.91 Å². The molecule has 0 bridgehead atoms. The Hall–Kier alpha value is -2.40. The summed E-state index contributed by atoms with van der Waals surface area (Å²) in [5.41, 5.74) is 10.8. The zero-order chi connectivity index (χ0) is 18.1. The Morgan fingerprint density at radius 1 is 1.24 bits per heavy atom. The molecule has 1 aromatic carbocycles. The highest BCUT2D eigenvalue weighted by atomic mass is 32.1. The van der Waals surface area contributed by atoms with Crippen LogP contribution in [0.1, 0.15) is 40.3 Å². The minimum atomic E-state index is -0.181. The molecule has 0 aliphatic rings. The summed E-state index contributed by atoms with van der Waals surface area (Å²) in [5, 5.41) is 3.83. The summed E-state index contributed by atoms with van der Waals surface area (Å²) in [7, 11) is 0. The molecule has 0 radical (unpaired) electrons. The van der Waals surface area contributed by atoms with Gasteiger partial charge in [-0.2, -0.15) is 0 Å². The van der Waals surface area contributed by atoms with E-state index in [2.05, 4.69) is 24.1 Å². The van der Waals surface area contributed by atoms with Gasteiger partial charge in [0.15, 0.2) is 0 Å². The number of pyridine rings is 1. The van der Waals surface area contributed by atoms with Crippen LogP contribution in [0.25, 0.3) is 10.2 Å². The van der Waals surface area contributed by atoms with E-state index in [0.29, 0.717) is 16.5 Å². The predicted molar refractivity (Wildman–Crippen MR) is 106 cm³/mol. The van der Waals surface area contributed by atoms with Gasteiger partial charge in [-0.05, 0) is 55.5 Å². The number of nitrogens with zero attached hydrogens (tertiary/aromatic N) is 1. The fourth-order valence-electron chi connectivity index (χ4n) is 2.80.